The predicted octanol–water partition coefficient (Wildman–Crippen LogP) is 5.11. The summed E-state index contributed by atoms with van der Waals surface area (Å²) in [4.78, 5) is 20.9. The van der Waals surface area contributed by atoms with Crippen molar-refractivity contribution in [3.8, 4) is 5.40 Å². The molecule has 0 fully saturated rings. The highest BCUT2D eigenvalue weighted by atomic mass is 32.2. The molecule has 0 N–H and O–H groups in total. The van der Waals surface area contributed by atoms with Crippen molar-refractivity contribution in [3.05, 3.63) is 31.9 Å². The van der Waals surface area contributed by atoms with Crippen molar-refractivity contribution in [1.82, 2.24) is 0 Å². The molecule has 1 rings (SSSR count). The number of nitrogens with zero attached hydrogens (tertiary/aromatic N) is 4. The van der Waals surface area contributed by atoms with E-state index in [1.165, 1.54) is 17.3 Å². The van der Waals surface area contributed by atoms with Crippen LogP contribution in [0.5, 0.6) is 0 Å². The van der Waals surface area contributed by atoms with Crippen LogP contribution in [0.4, 0.5) is 30.2 Å². The number of thioether (sulfide) groups is 1. The Morgan fingerprint density at radius 1 is 1.22 bits per heavy atom. The molecule has 0 atom stereocenters. The van der Waals surface area contributed by atoms with E-state index in [4.69, 9.17) is 5.26 Å². The number of unbranched alkanes of at least 4 members (excludes halogenated alkanes) is 3. The number of rotatable bonds is 9. The maximum Gasteiger partial charge on any atom is 0.418 e. The van der Waals surface area contributed by atoms with E-state index in [0.29, 0.717) is 6.42 Å². The second kappa shape index (κ2) is 9.40. The van der Waals surface area contributed by atoms with Gasteiger partial charge in [0.25, 0.3) is 5.69 Å². The van der Waals surface area contributed by atoms with Gasteiger partial charge in [-0.25, -0.2) is 0 Å². The van der Waals surface area contributed by atoms with Crippen molar-refractivity contribution in [2.24, 2.45) is 0 Å². The van der Waals surface area contributed by atoms with E-state index in [2.05, 4.69) is 0 Å². The van der Waals surface area contributed by atoms with Gasteiger partial charge in [-0.1, -0.05) is 26.2 Å². The number of thiocyanates is 1. The second-order valence-corrected chi connectivity index (χ2v) is 6.45. The number of nitriles is 1. The second-order valence-electron chi connectivity index (χ2n) is 5.66. The molecule has 0 aromatic heterocycles. The van der Waals surface area contributed by atoms with Gasteiger partial charge in [-0.05, 0) is 18.2 Å². The Labute approximate surface area is 157 Å². The van der Waals surface area contributed by atoms with Crippen molar-refractivity contribution in [3.63, 3.8) is 0 Å². The average molecular weight is 406 g/mol. The van der Waals surface area contributed by atoms with Gasteiger partial charge in [0.2, 0.25) is 0 Å². The molecule has 12 heteroatoms. The SMILES string of the molecule is CCCCCCN(C)c1c([N+](=O)[O-])cc(C(F)(F)F)c(SC#N)c1[N+](=O)[O-]. The molecule has 8 nitrogen and oxygen atoms in total. The van der Waals surface area contributed by atoms with Crippen LogP contribution in [0.1, 0.15) is 38.2 Å². The molecule has 0 bridgehead atoms. The fourth-order valence-electron chi connectivity index (χ4n) is 2.56. The zero-order chi connectivity index (χ0) is 20.8. The van der Waals surface area contributed by atoms with E-state index in [9.17, 15) is 33.4 Å². The van der Waals surface area contributed by atoms with E-state index in [1.807, 2.05) is 6.92 Å². The summed E-state index contributed by atoms with van der Waals surface area (Å²) < 4.78 is 39.9. The smallest absolute Gasteiger partial charge is 0.363 e. The molecule has 1 aromatic carbocycles. The summed E-state index contributed by atoms with van der Waals surface area (Å²) in [6, 6.07) is 0.255. The van der Waals surface area contributed by atoms with Crippen LogP contribution in [0, 0.1) is 30.9 Å². The van der Waals surface area contributed by atoms with Gasteiger partial charge in [0.05, 0.1) is 15.4 Å². The molecule has 0 heterocycles. The number of hydrogen-bond donors (Lipinski definition) is 0. The Morgan fingerprint density at radius 3 is 2.30 bits per heavy atom. The van der Waals surface area contributed by atoms with Crippen LogP contribution in [0.2, 0.25) is 0 Å². The Morgan fingerprint density at radius 2 is 1.85 bits per heavy atom. The van der Waals surface area contributed by atoms with Gasteiger partial charge in [-0.15, -0.1) is 0 Å². The molecule has 0 radical (unpaired) electrons. The van der Waals surface area contributed by atoms with E-state index >= 15 is 0 Å². The lowest BCUT2D eigenvalue weighted by Crippen LogP contribution is -2.22. The van der Waals surface area contributed by atoms with Crippen LogP contribution in [-0.2, 0) is 6.18 Å². The zero-order valence-corrected chi connectivity index (χ0v) is 15.4. The summed E-state index contributed by atoms with van der Waals surface area (Å²) >= 11 is -0.0377. The van der Waals surface area contributed by atoms with E-state index < -0.39 is 43.5 Å². The van der Waals surface area contributed by atoms with E-state index in [1.54, 1.807) is 0 Å². The molecule has 1 aromatic rings. The molecule has 0 saturated heterocycles. The monoisotopic (exact) mass is 406 g/mol. The molecule has 0 aliphatic carbocycles. The summed E-state index contributed by atoms with van der Waals surface area (Å²) in [6.07, 6.45) is -1.95. The number of halogens is 3. The minimum absolute atomic E-state index is 0.0377. The van der Waals surface area contributed by atoms with Gasteiger partial charge in [0.1, 0.15) is 10.3 Å². The van der Waals surface area contributed by atoms with E-state index in [0.717, 1.165) is 19.3 Å². The Bertz CT molecular complexity index is 765. The van der Waals surface area contributed by atoms with Gasteiger partial charge < -0.3 is 4.90 Å². The number of alkyl halides is 3. The normalized spacial score (nSPS) is 11.1. The van der Waals surface area contributed by atoms with Crippen LogP contribution < -0.4 is 4.90 Å². The van der Waals surface area contributed by atoms with Crippen molar-refractivity contribution >= 4 is 28.8 Å². The van der Waals surface area contributed by atoms with Crippen LogP contribution >= 0.6 is 11.8 Å². The summed E-state index contributed by atoms with van der Waals surface area (Å²) in [6.45, 7) is 2.16. The lowest BCUT2D eigenvalue weighted by Gasteiger charge is -2.21. The molecule has 0 saturated carbocycles. The van der Waals surface area contributed by atoms with Gasteiger partial charge in [0.15, 0.2) is 5.69 Å². The summed E-state index contributed by atoms with van der Waals surface area (Å²) in [7, 11) is 1.34. The molecular formula is C15H17F3N4O4S. The molecule has 0 spiro atoms. The highest BCUT2D eigenvalue weighted by molar-refractivity contribution is 8.04. The lowest BCUT2D eigenvalue weighted by atomic mass is 10.1. The highest BCUT2D eigenvalue weighted by Crippen LogP contribution is 2.50. The third kappa shape index (κ3) is 5.46. The summed E-state index contributed by atoms with van der Waals surface area (Å²) in [5.74, 6) is 0. The first-order valence-corrected chi connectivity index (χ1v) is 8.71. The summed E-state index contributed by atoms with van der Waals surface area (Å²) in [5, 5.41) is 33.1. The van der Waals surface area contributed by atoms with Crippen LogP contribution in [-0.4, -0.2) is 23.4 Å². The summed E-state index contributed by atoms with van der Waals surface area (Å²) in [5.41, 5.74) is -4.21. The number of anilines is 1. The minimum atomic E-state index is -5.09. The molecule has 148 valence electrons. The lowest BCUT2D eigenvalue weighted by molar-refractivity contribution is -0.394. The quantitative estimate of drug-likeness (QED) is 0.184. The van der Waals surface area contributed by atoms with Crippen molar-refractivity contribution in [2.45, 2.75) is 43.7 Å². The van der Waals surface area contributed by atoms with E-state index in [-0.39, 0.29) is 24.4 Å². The average Bonchev–Trinajstić information content (AvgIpc) is 2.56. The van der Waals surface area contributed by atoms with Crippen molar-refractivity contribution < 1.29 is 23.0 Å². The molecule has 27 heavy (non-hydrogen) atoms. The first-order chi connectivity index (χ1) is 12.6. The Hall–Kier alpha value is -2.55. The van der Waals surface area contributed by atoms with Crippen molar-refractivity contribution in [2.75, 3.05) is 18.5 Å². The molecular weight excluding hydrogens is 389 g/mol. The highest BCUT2D eigenvalue weighted by Gasteiger charge is 2.43. The topological polar surface area (TPSA) is 113 Å². The third-order valence-corrected chi connectivity index (χ3v) is 4.48. The van der Waals surface area contributed by atoms with Gasteiger partial charge in [-0.2, -0.15) is 18.4 Å². The first kappa shape index (κ1) is 22.5. The fraction of sp³-hybridized carbons (Fsp3) is 0.533. The van der Waals surface area contributed by atoms with Gasteiger partial charge in [-0.3, -0.25) is 20.2 Å². The number of hydrogen-bond acceptors (Lipinski definition) is 7. The standard InChI is InChI=1S/C15H17F3N4O4S/c1-3-4-5-6-7-20(2)12-11(21(23)24)8-10(15(16,17)18)14(27-9-19)13(12)22(25)26/h8H,3-7H2,1-2H3. The maximum atomic E-state index is 13.3. The largest absolute Gasteiger partial charge is 0.418 e. The fourth-order valence-corrected chi connectivity index (χ4v) is 3.20. The molecule has 0 aliphatic rings. The Balaban J connectivity index is 3.68. The number of nitro groups is 2. The van der Waals surface area contributed by atoms with Crippen molar-refractivity contribution in [1.29, 1.82) is 5.26 Å². The first-order valence-electron chi connectivity index (χ1n) is 7.90. The van der Waals surface area contributed by atoms with Gasteiger partial charge >= 0.3 is 11.9 Å². The predicted molar refractivity (Wildman–Crippen MR) is 93.6 cm³/mol. The number of benzene rings is 1. The van der Waals surface area contributed by atoms with Crippen LogP contribution in [0.3, 0.4) is 0 Å². The van der Waals surface area contributed by atoms with Gasteiger partial charge in [0, 0.05) is 19.7 Å². The number of nitro benzene ring substituents is 2. The molecule has 0 unspecified atom stereocenters. The van der Waals surface area contributed by atoms with Crippen LogP contribution in [0.15, 0.2) is 11.0 Å². The third-order valence-electron chi connectivity index (χ3n) is 3.77. The maximum absolute atomic E-state index is 13.3. The minimum Gasteiger partial charge on any atom is -0.363 e. The molecule has 0 amide bonds. The molecule has 0 aliphatic heterocycles. The Kier molecular flexibility index (Phi) is 7.83. The van der Waals surface area contributed by atoms with Crippen LogP contribution in [0.25, 0.3) is 0 Å². The zero-order valence-electron chi connectivity index (χ0n) is 14.6.